The fourth-order valence-electron chi connectivity index (χ4n) is 3.06. The maximum absolute atomic E-state index is 13.2. The van der Waals surface area contributed by atoms with Crippen molar-refractivity contribution in [3.8, 4) is 11.4 Å². The number of carbonyl (C=O) groups is 1. The molecule has 1 saturated heterocycles. The number of hydrogen-bond donors (Lipinski definition) is 1. The smallest absolute Gasteiger partial charge is 0.278 e. The van der Waals surface area contributed by atoms with Crippen molar-refractivity contribution >= 4 is 18.3 Å². The van der Waals surface area contributed by atoms with Gasteiger partial charge < -0.3 is 15.0 Å². The zero-order valence-electron chi connectivity index (χ0n) is 16.4. The van der Waals surface area contributed by atoms with Crippen molar-refractivity contribution in [2.24, 2.45) is 5.92 Å². The highest BCUT2D eigenvalue weighted by atomic mass is 35.5. The van der Waals surface area contributed by atoms with E-state index in [0.29, 0.717) is 30.5 Å². The van der Waals surface area contributed by atoms with Gasteiger partial charge in [-0.3, -0.25) is 4.79 Å². The quantitative estimate of drug-likeness (QED) is 0.849. The molecule has 0 spiro atoms. The summed E-state index contributed by atoms with van der Waals surface area (Å²) in [5.74, 6) is 0.849. The fraction of sp³-hybridized carbons (Fsp3) is 0.500. The molecule has 6 nitrogen and oxygen atoms in total. The number of amides is 1. The number of piperazine rings is 1. The molecule has 148 valence electrons. The third-order valence-electron chi connectivity index (χ3n) is 4.77. The van der Waals surface area contributed by atoms with Gasteiger partial charge in [0.15, 0.2) is 11.4 Å². The molecular formula is C20H29ClN4O2. The maximum Gasteiger partial charge on any atom is 0.278 e. The first-order chi connectivity index (χ1) is 12.5. The van der Waals surface area contributed by atoms with Gasteiger partial charge in [-0.2, -0.15) is 5.10 Å². The van der Waals surface area contributed by atoms with E-state index in [1.54, 1.807) is 10.9 Å². The van der Waals surface area contributed by atoms with Gasteiger partial charge >= 0.3 is 0 Å². The van der Waals surface area contributed by atoms with E-state index in [1.165, 1.54) is 0 Å². The van der Waals surface area contributed by atoms with Gasteiger partial charge in [0.25, 0.3) is 5.91 Å². The van der Waals surface area contributed by atoms with Gasteiger partial charge in [0.1, 0.15) is 0 Å². The number of hydrogen-bond acceptors (Lipinski definition) is 4. The van der Waals surface area contributed by atoms with Crippen LogP contribution in [-0.4, -0.2) is 52.4 Å². The molecule has 1 aliphatic heterocycles. The van der Waals surface area contributed by atoms with Gasteiger partial charge in [0.05, 0.1) is 18.5 Å². The van der Waals surface area contributed by atoms with Crippen LogP contribution in [0.5, 0.6) is 5.75 Å². The van der Waals surface area contributed by atoms with Gasteiger partial charge in [-0.25, -0.2) is 4.68 Å². The highest BCUT2D eigenvalue weighted by Gasteiger charge is 2.32. The van der Waals surface area contributed by atoms with Crippen LogP contribution in [-0.2, 0) is 0 Å². The molecular weight excluding hydrogens is 364 g/mol. The number of nitrogens with one attached hydrogen (secondary N) is 1. The van der Waals surface area contributed by atoms with Gasteiger partial charge in [0, 0.05) is 25.2 Å². The Morgan fingerprint density at radius 2 is 2.00 bits per heavy atom. The van der Waals surface area contributed by atoms with E-state index in [0.717, 1.165) is 12.2 Å². The molecule has 1 aromatic heterocycles. The van der Waals surface area contributed by atoms with E-state index in [2.05, 4.69) is 38.1 Å². The van der Waals surface area contributed by atoms with Crippen LogP contribution in [0, 0.1) is 5.92 Å². The van der Waals surface area contributed by atoms with Crippen molar-refractivity contribution in [1.29, 1.82) is 0 Å². The van der Waals surface area contributed by atoms with Crippen LogP contribution in [0.4, 0.5) is 0 Å². The number of para-hydroxylation sites is 1. The first kappa shape index (κ1) is 21.3. The monoisotopic (exact) mass is 392 g/mol. The molecule has 3 rings (SSSR count). The molecule has 1 fully saturated rings. The first-order valence-electron chi connectivity index (χ1n) is 9.29. The minimum Gasteiger partial charge on any atom is -0.489 e. The summed E-state index contributed by atoms with van der Waals surface area (Å²) in [6.45, 7) is 10.4. The van der Waals surface area contributed by atoms with Crippen molar-refractivity contribution in [2.45, 2.75) is 39.8 Å². The summed E-state index contributed by atoms with van der Waals surface area (Å²) in [5.41, 5.74) is 1.29. The highest BCUT2D eigenvalue weighted by molar-refractivity contribution is 5.95. The van der Waals surface area contributed by atoms with Crippen LogP contribution in [0.25, 0.3) is 5.69 Å². The summed E-state index contributed by atoms with van der Waals surface area (Å²) in [5, 5.41) is 7.98. The lowest BCUT2D eigenvalue weighted by atomic mass is 10.1. The number of benzene rings is 1. The summed E-state index contributed by atoms with van der Waals surface area (Å²) < 4.78 is 7.65. The zero-order valence-corrected chi connectivity index (χ0v) is 17.2. The van der Waals surface area contributed by atoms with Crippen LogP contribution < -0.4 is 10.1 Å². The topological polar surface area (TPSA) is 59.4 Å². The largest absolute Gasteiger partial charge is 0.489 e. The molecule has 27 heavy (non-hydrogen) atoms. The molecule has 1 aliphatic rings. The third kappa shape index (κ3) is 4.82. The standard InChI is InChI=1S/C20H28N4O2.ClH/c1-14(2)13-26-18-12-24(17-8-6-5-7-9-17)22-19(18)20(25)23-11-10-21-15(3)16(23)4;/h5-9,12,14-16,21H,10-11,13H2,1-4H3;1H. The highest BCUT2D eigenvalue weighted by Crippen LogP contribution is 2.24. The van der Waals surface area contributed by atoms with Gasteiger partial charge in [-0.05, 0) is 31.9 Å². The normalized spacial score (nSPS) is 19.7. The van der Waals surface area contributed by atoms with Crippen LogP contribution in [0.15, 0.2) is 36.5 Å². The summed E-state index contributed by atoms with van der Waals surface area (Å²) in [4.78, 5) is 15.1. The molecule has 1 amide bonds. The Hall–Kier alpha value is -2.05. The molecule has 7 heteroatoms. The molecule has 1 N–H and O–H groups in total. The summed E-state index contributed by atoms with van der Waals surface area (Å²) >= 11 is 0. The minimum atomic E-state index is -0.0701. The van der Waals surface area contributed by atoms with E-state index in [-0.39, 0.29) is 30.4 Å². The van der Waals surface area contributed by atoms with E-state index < -0.39 is 0 Å². The average Bonchev–Trinajstić information content (AvgIpc) is 3.07. The number of halogens is 1. The molecule has 1 aromatic carbocycles. The van der Waals surface area contributed by atoms with E-state index in [1.807, 2.05) is 35.2 Å². The predicted octanol–water partition coefficient (Wildman–Crippen LogP) is 3.15. The van der Waals surface area contributed by atoms with Crippen molar-refractivity contribution in [2.75, 3.05) is 19.7 Å². The second-order valence-corrected chi connectivity index (χ2v) is 7.31. The number of carbonyl (C=O) groups excluding carboxylic acids is 1. The Bertz CT molecular complexity index is 748. The maximum atomic E-state index is 13.2. The molecule has 2 atom stereocenters. The molecule has 0 radical (unpaired) electrons. The predicted molar refractivity (Wildman–Crippen MR) is 109 cm³/mol. The Morgan fingerprint density at radius 3 is 2.67 bits per heavy atom. The number of ether oxygens (including phenoxy) is 1. The summed E-state index contributed by atoms with van der Waals surface area (Å²) in [6.07, 6.45) is 1.81. The lowest BCUT2D eigenvalue weighted by Crippen LogP contribution is -2.57. The number of aromatic nitrogens is 2. The SMILES string of the molecule is CC(C)COc1cn(-c2ccccc2)nc1C(=O)N1CCNC(C)C1C.Cl. The molecule has 2 aromatic rings. The van der Waals surface area contributed by atoms with Crippen molar-refractivity contribution in [3.05, 3.63) is 42.2 Å². The molecule has 0 aliphatic carbocycles. The number of rotatable bonds is 5. The van der Waals surface area contributed by atoms with E-state index in [4.69, 9.17) is 4.74 Å². The zero-order chi connectivity index (χ0) is 18.7. The van der Waals surface area contributed by atoms with Crippen molar-refractivity contribution in [1.82, 2.24) is 20.0 Å². The Balaban J connectivity index is 0.00000261. The second kappa shape index (κ2) is 9.24. The van der Waals surface area contributed by atoms with E-state index >= 15 is 0 Å². The van der Waals surface area contributed by atoms with Crippen LogP contribution in [0.2, 0.25) is 0 Å². The van der Waals surface area contributed by atoms with Crippen LogP contribution >= 0.6 is 12.4 Å². The molecule has 0 bridgehead atoms. The summed E-state index contributed by atoms with van der Waals surface area (Å²) in [7, 11) is 0. The lowest BCUT2D eigenvalue weighted by Gasteiger charge is -2.38. The van der Waals surface area contributed by atoms with E-state index in [9.17, 15) is 4.79 Å². The molecule has 0 saturated carbocycles. The van der Waals surface area contributed by atoms with Gasteiger partial charge in [-0.1, -0.05) is 32.0 Å². The van der Waals surface area contributed by atoms with Crippen molar-refractivity contribution < 1.29 is 9.53 Å². The Labute approximate surface area is 167 Å². The third-order valence-corrected chi connectivity index (χ3v) is 4.77. The first-order valence-corrected chi connectivity index (χ1v) is 9.29. The number of nitrogens with zero attached hydrogens (tertiary/aromatic N) is 3. The lowest BCUT2D eigenvalue weighted by molar-refractivity contribution is 0.0591. The van der Waals surface area contributed by atoms with Crippen molar-refractivity contribution in [3.63, 3.8) is 0 Å². The second-order valence-electron chi connectivity index (χ2n) is 7.31. The van der Waals surface area contributed by atoms with Gasteiger partial charge in [-0.15, -0.1) is 12.4 Å². The Kier molecular flexibility index (Phi) is 7.27. The van der Waals surface area contributed by atoms with Crippen LogP contribution in [0.1, 0.15) is 38.2 Å². The van der Waals surface area contributed by atoms with Gasteiger partial charge in [0.2, 0.25) is 0 Å². The average molecular weight is 393 g/mol. The minimum absolute atomic E-state index is 0. The fourth-order valence-corrected chi connectivity index (χ4v) is 3.06. The van der Waals surface area contributed by atoms with Crippen LogP contribution in [0.3, 0.4) is 0 Å². The summed E-state index contributed by atoms with van der Waals surface area (Å²) in [6, 6.07) is 10.1. The molecule has 2 heterocycles. The molecule has 2 unspecified atom stereocenters. The Morgan fingerprint density at radius 1 is 1.30 bits per heavy atom.